The van der Waals surface area contributed by atoms with Gasteiger partial charge in [-0.25, -0.2) is 0 Å². The fraction of sp³-hybridized carbons (Fsp3) is 0.567. The number of amides is 1. The van der Waals surface area contributed by atoms with Crippen molar-refractivity contribution in [2.75, 3.05) is 32.8 Å². The lowest BCUT2D eigenvalue weighted by molar-refractivity contribution is -0.158. The van der Waals surface area contributed by atoms with Gasteiger partial charge in [0.25, 0.3) is 11.7 Å². The Balaban J connectivity index is 1.31. The number of piperidine rings is 1. The van der Waals surface area contributed by atoms with E-state index in [0.29, 0.717) is 43.2 Å². The van der Waals surface area contributed by atoms with Gasteiger partial charge >= 0.3 is 19.4 Å². The summed E-state index contributed by atoms with van der Waals surface area (Å²) in [6, 6.07) is 5.31. The number of nitrogens with one attached hydrogen (secondary N) is 1. The predicted molar refractivity (Wildman–Crippen MR) is 303 cm³/mol. The molecule has 0 saturated carbocycles. The van der Waals surface area contributed by atoms with Crippen molar-refractivity contribution in [1.82, 2.24) is 15.1 Å². The zero-order valence-electron chi connectivity index (χ0n) is 48.3. The van der Waals surface area contributed by atoms with Crippen molar-refractivity contribution in [2.45, 2.75) is 150 Å². The van der Waals surface area contributed by atoms with Gasteiger partial charge in [-0.2, -0.15) is 0 Å². The molecule has 11 atom stereocenters. The Bertz CT molecular complexity index is 2940. The van der Waals surface area contributed by atoms with Crippen LogP contribution in [0.1, 0.15) is 139 Å². The highest BCUT2D eigenvalue weighted by Gasteiger charge is 2.58. The number of carbonyl (C=O) groups excluding carboxylic acids is 5. The molecule has 2 unspecified atom stereocenters. The number of benzene rings is 2. The molecule has 1 aliphatic carbocycles. The number of aromatic hydroxyl groups is 1. The summed E-state index contributed by atoms with van der Waals surface area (Å²) in [7, 11) is -4.59. The van der Waals surface area contributed by atoms with Gasteiger partial charge in [0.2, 0.25) is 0 Å². The van der Waals surface area contributed by atoms with Crippen molar-refractivity contribution in [2.24, 2.45) is 40.5 Å². The predicted octanol–water partition coefficient (Wildman–Crippen LogP) is 7.33. The van der Waals surface area contributed by atoms with E-state index in [-0.39, 0.29) is 95.4 Å². The van der Waals surface area contributed by atoms with Crippen molar-refractivity contribution in [3.63, 3.8) is 0 Å². The molecule has 20 nitrogen and oxygen atoms in total. The number of aliphatic imine (C=N–C) groups is 1. The van der Waals surface area contributed by atoms with Crippen LogP contribution in [0.5, 0.6) is 17.2 Å². The number of rotatable bonds is 14. The van der Waals surface area contributed by atoms with Crippen molar-refractivity contribution < 1.29 is 77.7 Å². The third-order valence-corrected chi connectivity index (χ3v) is 18.2. The zero-order chi connectivity index (χ0) is 59.6. The summed E-state index contributed by atoms with van der Waals surface area (Å²) in [5, 5.41) is 51.3. The lowest BCUT2D eigenvalue weighted by atomic mass is 9.77. The number of ketones is 2. The van der Waals surface area contributed by atoms with Crippen LogP contribution >= 0.6 is 7.60 Å². The second-order valence-electron chi connectivity index (χ2n) is 23.3. The van der Waals surface area contributed by atoms with Crippen LogP contribution in [0.4, 0.5) is 0 Å². The highest BCUT2D eigenvalue weighted by atomic mass is 31.2. The Labute approximate surface area is 474 Å². The number of carbonyl (C=O) groups is 5. The summed E-state index contributed by atoms with van der Waals surface area (Å²) in [5.74, 6) is -6.96. The molecule has 7 N–H and O–H groups in total. The summed E-state index contributed by atoms with van der Waals surface area (Å²) < 4.78 is 35.9. The zero-order valence-corrected chi connectivity index (χ0v) is 49.1. The van der Waals surface area contributed by atoms with Crippen molar-refractivity contribution in [1.29, 1.82) is 0 Å². The molecule has 81 heavy (non-hydrogen) atoms. The number of esters is 1. The Morgan fingerprint density at radius 3 is 2.22 bits per heavy atom. The first-order chi connectivity index (χ1) is 38.0. The van der Waals surface area contributed by atoms with E-state index in [1.54, 1.807) is 83.2 Å². The smallest absolute Gasteiger partial charge is 0.335 e. The van der Waals surface area contributed by atoms with Gasteiger partial charge < -0.3 is 64.2 Å². The quantitative estimate of drug-likeness (QED) is 0.0320. The second kappa shape index (κ2) is 25.2. The number of nitrogens with zero attached hydrogens (tertiary/aromatic N) is 3. The molecule has 21 heteroatoms. The van der Waals surface area contributed by atoms with E-state index in [0.717, 1.165) is 6.54 Å². The number of likely N-dealkylation sites (tertiary alicyclic amines) is 1. The maximum atomic E-state index is 15.2. The van der Waals surface area contributed by atoms with E-state index in [1.807, 2.05) is 18.7 Å². The number of aldehydes is 1. The van der Waals surface area contributed by atoms with Gasteiger partial charge in [-0.3, -0.25) is 33.6 Å². The Kier molecular flexibility index (Phi) is 19.5. The molecule has 5 heterocycles. The lowest BCUT2D eigenvalue weighted by Crippen LogP contribution is -2.57. The van der Waals surface area contributed by atoms with E-state index in [4.69, 9.17) is 23.9 Å². The lowest BCUT2D eigenvalue weighted by Gasteiger charge is -2.45. The van der Waals surface area contributed by atoms with Crippen LogP contribution in [0.15, 0.2) is 71.1 Å². The molecule has 5 bridgehead atoms. The summed E-state index contributed by atoms with van der Waals surface area (Å²) in [6.07, 6.45) is 6.09. The second-order valence-corrected chi connectivity index (χ2v) is 25.1. The molecule has 0 aromatic heterocycles. The van der Waals surface area contributed by atoms with Crippen molar-refractivity contribution in [3.05, 3.63) is 93.9 Å². The number of aliphatic hydroxyl groups is 3. The molecule has 1 spiro atoms. The Morgan fingerprint density at radius 1 is 0.938 bits per heavy atom. The van der Waals surface area contributed by atoms with Crippen molar-refractivity contribution >= 4 is 48.8 Å². The average molecular weight is 1150 g/mol. The first kappa shape index (κ1) is 62.6. The Hall–Kier alpha value is -5.99. The van der Waals surface area contributed by atoms with E-state index >= 15 is 4.79 Å². The third-order valence-electron chi connectivity index (χ3n) is 17.0. The number of phenolic OH excluding ortho intramolecular Hbond substituents is 1. The molecule has 1 amide bonds. The largest absolute Gasteiger partial charge is 0.507 e. The van der Waals surface area contributed by atoms with Crippen LogP contribution in [-0.2, 0) is 28.4 Å². The van der Waals surface area contributed by atoms with Gasteiger partial charge in [-0.15, -0.1) is 0 Å². The van der Waals surface area contributed by atoms with Gasteiger partial charge in [0.1, 0.15) is 46.7 Å². The van der Waals surface area contributed by atoms with Crippen LogP contribution in [0.3, 0.4) is 0 Å². The molecule has 0 radical (unpaired) electrons. The molecule has 6 aliphatic rings. The third kappa shape index (κ3) is 13.1. The monoisotopic (exact) mass is 1140 g/mol. The number of Topliss-reactive ketones (excluding diaryl/α,β-unsaturated/α-hetero) is 2. The van der Waals surface area contributed by atoms with Crippen LogP contribution in [0, 0.1) is 42.4 Å². The van der Waals surface area contributed by atoms with Crippen LogP contribution < -0.4 is 14.8 Å². The van der Waals surface area contributed by atoms with Crippen LogP contribution in [-0.4, -0.2) is 150 Å². The topological polar surface area (TPSA) is 292 Å². The first-order valence-corrected chi connectivity index (χ1v) is 29.7. The molecular weight excluding hydrogens is 1060 g/mol. The van der Waals surface area contributed by atoms with E-state index in [9.17, 15) is 54.0 Å². The number of hydrogen-bond acceptors (Lipinski definition) is 17. The standard InChI is InChI=1S/C60H81N4O16P/c1-32(2)30-63-26-23-60(24-27-63)62-48-45-46-53(70)39(9)56-47(45)57(72)59(11,80-56)78-29-22-33(3)36(6)55(79-40(10)66)38(8)52(69)37(7)51(68)34(4)14-12-15-35(5)58(73)61-49(54(46)71)50(48)64(60)25-21-44(67)41-17-19-42(20-18-41)77-28-13-16-43(31-65)81(74,75)76/h12,14-15,17-20,22,29,31-34,36-38,43,50-52,55,68-71H,13,16,21,23-28,30H2,1-11H3,(H,61,73)(H2,74,75,76)/b14-12+,29-22+,35-15-/t33-,34-,36+,37+,38+,43?,50?,51-,52+,55+,59-/m0/s1. The average Bonchev–Trinajstić information content (AvgIpc) is 2.90. The molecular formula is C60H81N4O16P. The number of fused-ring (bicyclic) bond motifs is 13. The van der Waals surface area contributed by atoms with Crippen LogP contribution in [0.2, 0.25) is 0 Å². The van der Waals surface area contributed by atoms with Crippen molar-refractivity contribution in [3.8, 4) is 17.2 Å². The molecule has 442 valence electrons. The molecule has 2 aromatic carbocycles. The Morgan fingerprint density at radius 2 is 1.60 bits per heavy atom. The van der Waals surface area contributed by atoms with E-state index in [2.05, 4.69) is 24.1 Å². The summed E-state index contributed by atoms with van der Waals surface area (Å²) >= 11 is 0. The minimum atomic E-state index is -4.59. The van der Waals surface area contributed by atoms with E-state index < -0.39 is 102 Å². The number of ether oxygens (including phenoxy) is 4. The summed E-state index contributed by atoms with van der Waals surface area (Å²) in [6.45, 7) is 21.2. The minimum Gasteiger partial charge on any atom is -0.507 e. The summed E-state index contributed by atoms with van der Waals surface area (Å²) in [5.41, 5.74) is -1.66. The maximum absolute atomic E-state index is 15.2. The SMILES string of the molecule is CC(=O)O[C@H]1[C@H](C)[C@H](O)[C@H](C)[C@@H](O)[C@@H](C)/C=C/C=C(/C)C(=O)NC2=C(O)c3c(O)c(C)c4c(c3C3=NC5(CCN(CC(C)C)CC5)N(CCC(=O)c5ccc(OCCCC(C=O)P(=O)(O)O)cc5)C32)C(=O)[C@@](C)(O/C=C/[C@H](C)[C@H]1C)O4. The van der Waals surface area contributed by atoms with Gasteiger partial charge in [0.15, 0.2) is 5.78 Å². The molecule has 5 aliphatic heterocycles. The fourth-order valence-corrected chi connectivity index (χ4v) is 12.5. The minimum absolute atomic E-state index is 0.00260. The highest BCUT2D eigenvalue weighted by molar-refractivity contribution is 7.53. The van der Waals surface area contributed by atoms with Gasteiger partial charge in [-0.05, 0) is 87.6 Å². The maximum Gasteiger partial charge on any atom is 0.335 e. The van der Waals surface area contributed by atoms with Gasteiger partial charge in [0.05, 0.1) is 53.7 Å². The number of allylic oxidation sites excluding steroid dienone is 3. The highest BCUT2D eigenvalue weighted by Crippen LogP contribution is 2.54. The number of hydrogen-bond donors (Lipinski definition) is 7. The van der Waals surface area contributed by atoms with Gasteiger partial charge in [-0.1, -0.05) is 66.7 Å². The number of phenols is 1. The molecule has 8 rings (SSSR count). The number of aliphatic hydroxyl groups excluding tert-OH is 3. The molecule has 1 fully saturated rings. The molecule has 1 saturated heterocycles. The van der Waals surface area contributed by atoms with E-state index in [1.165, 1.54) is 20.1 Å². The first-order valence-electron chi connectivity index (χ1n) is 28.0. The normalized spacial score (nSPS) is 30.1. The van der Waals surface area contributed by atoms with Gasteiger partial charge in [0, 0.05) is 86.5 Å². The van der Waals surface area contributed by atoms with Crippen LogP contribution in [0.25, 0.3) is 5.76 Å². The fourth-order valence-electron chi connectivity index (χ4n) is 11.9. The molecule has 2 aromatic rings. The summed E-state index contributed by atoms with van der Waals surface area (Å²) in [4.78, 5) is 96.6.